The van der Waals surface area contributed by atoms with Crippen molar-refractivity contribution >= 4 is 5.82 Å². The summed E-state index contributed by atoms with van der Waals surface area (Å²) >= 11 is 0. The van der Waals surface area contributed by atoms with Crippen molar-refractivity contribution in [2.75, 3.05) is 11.4 Å². The molecule has 0 saturated heterocycles. The van der Waals surface area contributed by atoms with E-state index in [4.69, 9.17) is 0 Å². The topological polar surface area (TPSA) is 28.2 Å². The van der Waals surface area contributed by atoms with Crippen LogP contribution >= 0.6 is 0 Å². The average molecular weight is 281 g/mol. The highest BCUT2D eigenvalue weighted by Crippen LogP contribution is 2.20. The Hall–Kier alpha value is -1.87. The Labute approximate surface area is 127 Å². The molecule has 0 spiro atoms. The first-order valence-corrected chi connectivity index (χ1v) is 7.82. The molecule has 21 heavy (non-hydrogen) atoms. The Morgan fingerprint density at radius 3 is 2.52 bits per heavy atom. The van der Waals surface area contributed by atoms with Crippen LogP contribution in [0.15, 0.2) is 48.7 Å². The normalized spacial score (nSPS) is 14.1. The molecule has 0 aliphatic heterocycles. The van der Waals surface area contributed by atoms with Crippen molar-refractivity contribution < 1.29 is 0 Å². The number of benzene rings is 1. The fourth-order valence-corrected chi connectivity index (χ4v) is 2.42. The Morgan fingerprint density at radius 2 is 1.90 bits per heavy atom. The van der Waals surface area contributed by atoms with E-state index < -0.39 is 0 Å². The molecule has 0 bridgehead atoms. The molecular formula is C18H23N3. The maximum Gasteiger partial charge on any atom is 0.128 e. The molecule has 3 nitrogen and oxygen atoms in total. The Balaban J connectivity index is 1.62. The Morgan fingerprint density at radius 1 is 1.10 bits per heavy atom. The molecule has 0 atom stereocenters. The van der Waals surface area contributed by atoms with E-state index in [9.17, 15) is 0 Å². The van der Waals surface area contributed by atoms with E-state index in [1.807, 2.05) is 6.20 Å². The molecule has 3 heteroatoms. The maximum absolute atomic E-state index is 4.63. The lowest BCUT2D eigenvalue weighted by molar-refractivity contribution is 0.685. The first-order chi connectivity index (χ1) is 10.3. The second-order valence-corrected chi connectivity index (χ2v) is 5.68. The summed E-state index contributed by atoms with van der Waals surface area (Å²) in [6.45, 7) is 4.97. The van der Waals surface area contributed by atoms with Crippen LogP contribution in [-0.4, -0.2) is 17.6 Å². The number of hydrogen-bond acceptors (Lipinski definition) is 3. The van der Waals surface area contributed by atoms with Crippen LogP contribution in [0.5, 0.6) is 0 Å². The third-order valence-electron chi connectivity index (χ3n) is 3.90. The van der Waals surface area contributed by atoms with E-state index in [0.717, 1.165) is 31.5 Å². The molecule has 3 rings (SSSR count). The molecule has 1 aliphatic rings. The number of anilines is 1. The summed E-state index contributed by atoms with van der Waals surface area (Å²) in [5.74, 6) is 1.05. The van der Waals surface area contributed by atoms with Gasteiger partial charge in [-0.1, -0.05) is 36.4 Å². The summed E-state index contributed by atoms with van der Waals surface area (Å²) in [6, 6.07) is 15.6. The van der Waals surface area contributed by atoms with E-state index >= 15 is 0 Å². The third kappa shape index (κ3) is 4.05. The Kier molecular flexibility index (Phi) is 4.51. The van der Waals surface area contributed by atoms with Gasteiger partial charge in [0.1, 0.15) is 5.82 Å². The van der Waals surface area contributed by atoms with Gasteiger partial charge in [0.25, 0.3) is 0 Å². The van der Waals surface area contributed by atoms with Gasteiger partial charge in [-0.15, -0.1) is 0 Å². The average Bonchev–Trinajstić information content (AvgIpc) is 3.37. The smallest absolute Gasteiger partial charge is 0.128 e. The zero-order chi connectivity index (χ0) is 14.5. The second-order valence-electron chi connectivity index (χ2n) is 5.68. The molecule has 1 N–H and O–H groups in total. The van der Waals surface area contributed by atoms with Crippen LogP contribution in [0.25, 0.3) is 0 Å². The molecule has 0 amide bonds. The van der Waals surface area contributed by atoms with Crippen LogP contribution in [0.3, 0.4) is 0 Å². The maximum atomic E-state index is 4.63. The van der Waals surface area contributed by atoms with Crippen molar-refractivity contribution in [3.8, 4) is 0 Å². The Bertz CT molecular complexity index is 546. The highest BCUT2D eigenvalue weighted by molar-refractivity contribution is 5.40. The first-order valence-electron chi connectivity index (χ1n) is 7.82. The number of nitrogens with zero attached hydrogens (tertiary/aromatic N) is 2. The molecular weight excluding hydrogens is 258 g/mol. The SMILES string of the molecule is CCN(Cc1ccccc1)c1ccc(CNC2CC2)cn1. The van der Waals surface area contributed by atoms with Gasteiger partial charge in [-0.05, 0) is 37.0 Å². The number of rotatable bonds is 7. The highest BCUT2D eigenvalue weighted by Gasteiger charge is 2.19. The second kappa shape index (κ2) is 6.72. The zero-order valence-corrected chi connectivity index (χ0v) is 12.6. The minimum absolute atomic E-state index is 0.745. The molecule has 1 aliphatic carbocycles. The van der Waals surface area contributed by atoms with Crippen molar-refractivity contribution in [2.45, 2.75) is 38.9 Å². The largest absolute Gasteiger partial charge is 0.353 e. The van der Waals surface area contributed by atoms with E-state index in [-0.39, 0.29) is 0 Å². The van der Waals surface area contributed by atoms with Gasteiger partial charge in [-0.3, -0.25) is 0 Å². The third-order valence-corrected chi connectivity index (χ3v) is 3.90. The summed E-state index contributed by atoms with van der Waals surface area (Å²) < 4.78 is 0. The van der Waals surface area contributed by atoms with Gasteiger partial charge < -0.3 is 10.2 Å². The summed E-state index contributed by atoms with van der Waals surface area (Å²) in [7, 11) is 0. The number of hydrogen-bond donors (Lipinski definition) is 1. The molecule has 1 heterocycles. The van der Waals surface area contributed by atoms with Crippen LogP contribution in [0.4, 0.5) is 5.82 Å². The molecule has 110 valence electrons. The van der Waals surface area contributed by atoms with Crippen molar-refractivity contribution in [1.82, 2.24) is 10.3 Å². The molecule has 1 aromatic heterocycles. The van der Waals surface area contributed by atoms with Crippen molar-refractivity contribution in [3.05, 3.63) is 59.8 Å². The lowest BCUT2D eigenvalue weighted by Gasteiger charge is -2.22. The summed E-state index contributed by atoms with van der Waals surface area (Å²) in [4.78, 5) is 6.93. The quantitative estimate of drug-likeness (QED) is 0.843. The standard InChI is InChI=1S/C18H23N3/c1-2-21(14-15-6-4-3-5-7-15)18-11-8-16(13-20-18)12-19-17-9-10-17/h3-8,11,13,17,19H,2,9-10,12,14H2,1H3. The first kappa shape index (κ1) is 14.1. The van der Waals surface area contributed by atoms with Crippen LogP contribution in [0, 0.1) is 0 Å². The fraction of sp³-hybridized carbons (Fsp3) is 0.389. The van der Waals surface area contributed by atoms with E-state index in [1.165, 1.54) is 24.0 Å². The molecule has 1 saturated carbocycles. The van der Waals surface area contributed by atoms with Gasteiger partial charge in [0.15, 0.2) is 0 Å². The highest BCUT2D eigenvalue weighted by atomic mass is 15.2. The van der Waals surface area contributed by atoms with Gasteiger partial charge in [-0.2, -0.15) is 0 Å². The van der Waals surface area contributed by atoms with Crippen molar-refractivity contribution in [3.63, 3.8) is 0 Å². The van der Waals surface area contributed by atoms with Crippen LogP contribution in [0.2, 0.25) is 0 Å². The number of aromatic nitrogens is 1. The predicted molar refractivity (Wildman–Crippen MR) is 87.3 cm³/mol. The summed E-state index contributed by atoms with van der Waals surface area (Å²) in [5, 5.41) is 3.52. The number of pyridine rings is 1. The van der Waals surface area contributed by atoms with E-state index in [2.05, 4.69) is 64.6 Å². The van der Waals surface area contributed by atoms with Crippen LogP contribution in [0.1, 0.15) is 30.9 Å². The molecule has 2 aromatic rings. The van der Waals surface area contributed by atoms with Crippen LogP contribution < -0.4 is 10.2 Å². The minimum atomic E-state index is 0.745. The van der Waals surface area contributed by atoms with Crippen LogP contribution in [-0.2, 0) is 13.1 Å². The zero-order valence-electron chi connectivity index (χ0n) is 12.6. The molecule has 0 unspecified atom stereocenters. The summed E-state index contributed by atoms with van der Waals surface area (Å²) in [6.07, 6.45) is 4.65. The monoisotopic (exact) mass is 281 g/mol. The van der Waals surface area contributed by atoms with Gasteiger partial charge in [0.05, 0.1) is 0 Å². The number of nitrogens with one attached hydrogen (secondary N) is 1. The van der Waals surface area contributed by atoms with Crippen molar-refractivity contribution in [1.29, 1.82) is 0 Å². The molecule has 1 fully saturated rings. The minimum Gasteiger partial charge on any atom is -0.353 e. The van der Waals surface area contributed by atoms with Gasteiger partial charge >= 0.3 is 0 Å². The fourth-order valence-electron chi connectivity index (χ4n) is 2.42. The van der Waals surface area contributed by atoms with Gasteiger partial charge in [0, 0.05) is 31.9 Å². The lowest BCUT2D eigenvalue weighted by atomic mass is 10.2. The predicted octanol–water partition coefficient (Wildman–Crippen LogP) is 3.36. The summed E-state index contributed by atoms with van der Waals surface area (Å²) in [5.41, 5.74) is 2.59. The van der Waals surface area contributed by atoms with E-state index in [1.54, 1.807) is 0 Å². The van der Waals surface area contributed by atoms with Gasteiger partial charge in [0.2, 0.25) is 0 Å². The van der Waals surface area contributed by atoms with E-state index in [0.29, 0.717) is 0 Å². The lowest BCUT2D eigenvalue weighted by Crippen LogP contribution is -2.23. The molecule has 1 aromatic carbocycles. The van der Waals surface area contributed by atoms with Gasteiger partial charge in [-0.25, -0.2) is 4.98 Å². The molecule has 0 radical (unpaired) electrons. The van der Waals surface area contributed by atoms with Crippen molar-refractivity contribution in [2.24, 2.45) is 0 Å².